The first-order valence-corrected chi connectivity index (χ1v) is 4.64. The molecule has 1 heteroatoms. The summed E-state index contributed by atoms with van der Waals surface area (Å²) in [6.45, 7) is 6.57. The molecule has 0 saturated carbocycles. The second-order valence-electron chi connectivity index (χ2n) is 3.48. The average molecular weight is 175 g/mol. The molecule has 1 aromatic rings. The number of hydrogen-bond donors (Lipinski definition) is 1. The summed E-state index contributed by atoms with van der Waals surface area (Å²) < 4.78 is 0. The van der Waals surface area contributed by atoms with Crippen LogP contribution in [-0.4, -0.2) is 0 Å². The van der Waals surface area contributed by atoms with Gasteiger partial charge in [0.2, 0.25) is 0 Å². The Hall–Kier alpha value is -1.08. The number of benzene rings is 1. The first kappa shape index (κ1) is 10.0. The minimum absolute atomic E-state index is 0.626. The molecule has 0 spiro atoms. The van der Waals surface area contributed by atoms with Crippen molar-refractivity contribution in [1.82, 2.24) is 0 Å². The van der Waals surface area contributed by atoms with Gasteiger partial charge < -0.3 is 5.73 Å². The van der Waals surface area contributed by atoms with E-state index in [1.54, 1.807) is 0 Å². The van der Waals surface area contributed by atoms with Crippen LogP contribution in [0.4, 0.5) is 0 Å². The van der Waals surface area contributed by atoms with Crippen LogP contribution < -0.4 is 5.73 Å². The summed E-state index contributed by atoms with van der Waals surface area (Å²) in [6.07, 6.45) is 2.15. The highest BCUT2D eigenvalue weighted by Crippen LogP contribution is 2.08. The maximum absolute atomic E-state index is 5.51. The van der Waals surface area contributed by atoms with Crippen molar-refractivity contribution >= 4 is 0 Å². The van der Waals surface area contributed by atoms with E-state index in [0.717, 1.165) is 12.8 Å². The molecule has 0 saturated heterocycles. The molecule has 0 fully saturated rings. The van der Waals surface area contributed by atoms with Gasteiger partial charge in [0.15, 0.2) is 0 Å². The third kappa shape index (κ3) is 3.43. The predicted octanol–water partition coefficient (Wildman–Crippen LogP) is 2.65. The Kier molecular flexibility index (Phi) is 3.71. The second-order valence-corrected chi connectivity index (χ2v) is 3.48. The lowest BCUT2D eigenvalue weighted by Gasteiger charge is -2.02. The number of rotatable bonds is 4. The molecule has 0 bridgehead atoms. The van der Waals surface area contributed by atoms with E-state index in [4.69, 9.17) is 5.73 Å². The number of aryl methyl sites for hydroxylation is 1. The lowest BCUT2D eigenvalue weighted by molar-refractivity contribution is 0.942. The van der Waals surface area contributed by atoms with Crippen LogP contribution in [0.2, 0.25) is 0 Å². The molecule has 1 rings (SSSR count). The Morgan fingerprint density at radius 3 is 2.23 bits per heavy atom. The monoisotopic (exact) mass is 175 g/mol. The largest absolute Gasteiger partial charge is 0.326 e. The molecule has 0 amide bonds. The van der Waals surface area contributed by atoms with E-state index in [0.29, 0.717) is 6.54 Å². The van der Waals surface area contributed by atoms with Crippen LogP contribution >= 0.6 is 0 Å². The molecular formula is C12H17N. The van der Waals surface area contributed by atoms with Gasteiger partial charge in [0.25, 0.3) is 0 Å². The maximum Gasteiger partial charge on any atom is 0.0178 e. The Morgan fingerprint density at radius 1 is 1.23 bits per heavy atom. The lowest BCUT2D eigenvalue weighted by Crippen LogP contribution is -1.96. The molecule has 0 aliphatic carbocycles. The van der Waals surface area contributed by atoms with Gasteiger partial charge in [0, 0.05) is 6.54 Å². The van der Waals surface area contributed by atoms with Crippen molar-refractivity contribution in [3.63, 3.8) is 0 Å². The van der Waals surface area contributed by atoms with Gasteiger partial charge in [-0.15, -0.1) is 6.58 Å². The van der Waals surface area contributed by atoms with E-state index < -0.39 is 0 Å². The SMILES string of the molecule is C=C(C)CCc1ccc(CN)cc1. The predicted molar refractivity (Wildman–Crippen MR) is 57.5 cm³/mol. The fourth-order valence-electron chi connectivity index (χ4n) is 1.20. The van der Waals surface area contributed by atoms with Crippen LogP contribution in [-0.2, 0) is 13.0 Å². The standard InChI is InChI=1S/C12H17N/c1-10(2)3-4-11-5-7-12(9-13)8-6-11/h5-8H,1,3-4,9,13H2,2H3. The first-order valence-electron chi connectivity index (χ1n) is 4.64. The van der Waals surface area contributed by atoms with Gasteiger partial charge in [-0.2, -0.15) is 0 Å². The van der Waals surface area contributed by atoms with Gasteiger partial charge >= 0.3 is 0 Å². The van der Waals surface area contributed by atoms with Crippen LogP contribution in [0.1, 0.15) is 24.5 Å². The number of allylic oxidation sites excluding steroid dienone is 1. The molecule has 0 aliphatic rings. The highest BCUT2D eigenvalue weighted by Gasteiger charge is 1.93. The fourth-order valence-corrected chi connectivity index (χ4v) is 1.20. The van der Waals surface area contributed by atoms with Crippen molar-refractivity contribution in [2.24, 2.45) is 5.73 Å². The second kappa shape index (κ2) is 4.83. The molecule has 2 N–H and O–H groups in total. The molecule has 13 heavy (non-hydrogen) atoms. The molecular weight excluding hydrogens is 158 g/mol. The van der Waals surface area contributed by atoms with Crippen molar-refractivity contribution < 1.29 is 0 Å². The zero-order valence-electron chi connectivity index (χ0n) is 8.22. The Morgan fingerprint density at radius 2 is 1.77 bits per heavy atom. The molecule has 70 valence electrons. The molecule has 0 aliphatic heterocycles. The van der Waals surface area contributed by atoms with Crippen molar-refractivity contribution in [2.45, 2.75) is 26.3 Å². The quantitative estimate of drug-likeness (QED) is 0.699. The zero-order chi connectivity index (χ0) is 9.68. The van der Waals surface area contributed by atoms with Crippen LogP contribution in [0.3, 0.4) is 0 Å². The van der Waals surface area contributed by atoms with E-state index in [1.165, 1.54) is 16.7 Å². The average Bonchev–Trinajstić information content (AvgIpc) is 2.15. The summed E-state index contributed by atoms with van der Waals surface area (Å²) in [5.41, 5.74) is 9.30. The van der Waals surface area contributed by atoms with Gasteiger partial charge in [-0.05, 0) is 30.9 Å². The number of nitrogens with two attached hydrogens (primary N) is 1. The third-order valence-corrected chi connectivity index (χ3v) is 2.10. The minimum Gasteiger partial charge on any atom is -0.326 e. The van der Waals surface area contributed by atoms with Crippen LogP contribution in [0.5, 0.6) is 0 Å². The molecule has 0 unspecified atom stereocenters. The Labute approximate surface area is 80.3 Å². The van der Waals surface area contributed by atoms with E-state index in [9.17, 15) is 0 Å². The fraction of sp³-hybridized carbons (Fsp3) is 0.333. The van der Waals surface area contributed by atoms with Gasteiger partial charge in [-0.1, -0.05) is 29.8 Å². The first-order chi connectivity index (χ1) is 6.22. The van der Waals surface area contributed by atoms with Crippen molar-refractivity contribution in [2.75, 3.05) is 0 Å². The van der Waals surface area contributed by atoms with Gasteiger partial charge in [0.05, 0.1) is 0 Å². The van der Waals surface area contributed by atoms with Crippen LogP contribution in [0.25, 0.3) is 0 Å². The maximum atomic E-state index is 5.51. The summed E-state index contributed by atoms with van der Waals surface area (Å²) in [5, 5.41) is 0. The summed E-state index contributed by atoms with van der Waals surface area (Å²) >= 11 is 0. The lowest BCUT2D eigenvalue weighted by atomic mass is 10.0. The molecule has 1 aromatic carbocycles. The van der Waals surface area contributed by atoms with Gasteiger partial charge in [0.1, 0.15) is 0 Å². The Balaban J connectivity index is 2.54. The van der Waals surface area contributed by atoms with E-state index in [2.05, 4.69) is 37.8 Å². The summed E-state index contributed by atoms with van der Waals surface area (Å²) in [5.74, 6) is 0. The van der Waals surface area contributed by atoms with E-state index in [1.807, 2.05) is 0 Å². The van der Waals surface area contributed by atoms with Crippen molar-refractivity contribution in [3.05, 3.63) is 47.5 Å². The normalized spacial score (nSPS) is 10.0. The zero-order valence-corrected chi connectivity index (χ0v) is 8.22. The number of hydrogen-bond acceptors (Lipinski definition) is 1. The van der Waals surface area contributed by atoms with Crippen LogP contribution in [0, 0.1) is 0 Å². The van der Waals surface area contributed by atoms with Gasteiger partial charge in [-0.3, -0.25) is 0 Å². The van der Waals surface area contributed by atoms with Crippen LogP contribution in [0.15, 0.2) is 36.4 Å². The molecule has 0 aromatic heterocycles. The summed E-state index contributed by atoms with van der Waals surface area (Å²) in [4.78, 5) is 0. The van der Waals surface area contributed by atoms with E-state index in [-0.39, 0.29) is 0 Å². The van der Waals surface area contributed by atoms with Gasteiger partial charge in [-0.25, -0.2) is 0 Å². The van der Waals surface area contributed by atoms with Crippen molar-refractivity contribution in [1.29, 1.82) is 0 Å². The highest BCUT2D eigenvalue weighted by molar-refractivity contribution is 5.22. The summed E-state index contributed by atoms with van der Waals surface area (Å²) in [7, 11) is 0. The Bertz CT molecular complexity index is 272. The highest BCUT2D eigenvalue weighted by atomic mass is 14.5. The van der Waals surface area contributed by atoms with E-state index >= 15 is 0 Å². The molecule has 0 heterocycles. The molecule has 0 atom stereocenters. The molecule has 1 nitrogen and oxygen atoms in total. The topological polar surface area (TPSA) is 26.0 Å². The minimum atomic E-state index is 0.626. The molecule has 0 radical (unpaired) electrons. The van der Waals surface area contributed by atoms with Crippen molar-refractivity contribution in [3.8, 4) is 0 Å². The smallest absolute Gasteiger partial charge is 0.0178 e. The summed E-state index contributed by atoms with van der Waals surface area (Å²) in [6, 6.07) is 8.47. The third-order valence-electron chi connectivity index (χ3n) is 2.10.